The van der Waals surface area contributed by atoms with E-state index in [2.05, 4.69) is 6.92 Å². The van der Waals surface area contributed by atoms with Crippen LogP contribution in [0.5, 0.6) is 0 Å². The molecule has 0 N–H and O–H groups in total. The molecule has 0 spiro atoms. The molecule has 104 valence electrons. The van der Waals surface area contributed by atoms with Crippen LogP contribution in [0.1, 0.15) is 58.3 Å². The number of hydrogen-bond donors (Lipinski definition) is 0. The van der Waals surface area contributed by atoms with Gasteiger partial charge in [0.05, 0.1) is 0 Å². The average molecular weight is 359 g/mol. The molecule has 3 aliphatic carbocycles. The summed E-state index contributed by atoms with van der Waals surface area (Å²) < 4.78 is 2.93. The van der Waals surface area contributed by atoms with Crippen LogP contribution in [0.3, 0.4) is 0 Å². The third kappa shape index (κ3) is 1.90. The number of hydrogen-bond acceptors (Lipinski definition) is 0. The summed E-state index contributed by atoms with van der Waals surface area (Å²) in [7, 11) is 0. The maximum atomic E-state index is 2.59. The van der Waals surface area contributed by atoms with Crippen LogP contribution >= 0.6 is 0 Å². The molecule has 0 bridgehead atoms. The molecule has 0 amide bonds. The number of alkyl halides is 2. The summed E-state index contributed by atoms with van der Waals surface area (Å²) in [6.45, 7) is 2.59. The molecular weight excluding hydrogens is 331 g/mol. The van der Waals surface area contributed by atoms with Crippen LogP contribution in [0.4, 0.5) is 0 Å². The molecular formula is C17H28I-. The van der Waals surface area contributed by atoms with Gasteiger partial charge in [0.1, 0.15) is 0 Å². The molecule has 7 atom stereocenters. The van der Waals surface area contributed by atoms with E-state index in [0.29, 0.717) is 21.2 Å². The van der Waals surface area contributed by atoms with Gasteiger partial charge in [-0.25, -0.2) is 0 Å². The fourth-order valence-corrected chi connectivity index (χ4v) is 10.5. The van der Waals surface area contributed by atoms with Crippen molar-refractivity contribution >= 4 is 0 Å². The molecule has 1 saturated heterocycles. The van der Waals surface area contributed by atoms with E-state index in [9.17, 15) is 0 Å². The van der Waals surface area contributed by atoms with E-state index in [1.165, 1.54) is 28.1 Å². The average Bonchev–Trinajstić information content (AvgIpc) is 2.86. The van der Waals surface area contributed by atoms with E-state index in [1.54, 1.807) is 49.4 Å². The van der Waals surface area contributed by atoms with Gasteiger partial charge in [0.25, 0.3) is 0 Å². The van der Waals surface area contributed by atoms with Crippen molar-refractivity contribution in [3.05, 3.63) is 0 Å². The topological polar surface area (TPSA) is 0 Å². The van der Waals surface area contributed by atoms with Gasteiger partial charge in [-0.1, -0.05) is 0 Å². The predicted molar refractivity (Wildman–Crippen MR) is 72.2 cm³/mol. The van der Waals surface area contributed by atoms with Gasteiger partial charge in [-0.05, 0) is 0 Å². The standard InChI is InChI=1S/C17H28I/c1-11-3-2-4-12-5-6-13-14-9-10-18-16(14)8-7-15(13)17(11)12/h11-17H,2-10H2,1H3/q-1. The van der Waals surface area contributed by atoms with E-state index in [0.717, 1.165) is 17.8 Å². The Hall–Kier alpha value is 0.730. The summed E-state index contributed by atoms with van der Waals surface area (Å²) in [5.41, 5.74) is 0. The molecule has 18 heavy (non-hydrogen) atoms. The van der Waals surface area contributed by atoms with Crippen LogP contribution in [0.15, 0.2) is 0 Å². The Kier molecular flexibility index (Phi) is 3.41. The Morgan fingerprint density at radius 1 is 0.778 bits per heavy atom. The van der Waals surface area contributed by atoms with Crippen molar-refractivity contribution in [1.82, 2.24) is 0 Å². The van der Waals surface area contributed by atoms with Crippen molar-refractivity contribution in [3.63, 3.8) is 0 Å². The molecule has 4 fully saturated rings. The Labute approximate surface area is 123 Å². The Morgan fingerprint density at radius 2 is 1.67 bits per heavy atom. The monoisotopic (exact) mass is 359 g/mol. The van der Waals surface area contributed by atoms with Gasteiger partial charge in [-0.3, -0.25) is 0 Å². The second kappa shape index (κ2) is 4.93. The van der Waals surface area contributed by atoms with Crippen molar-refractivity contribution in [2.24, 2.45) is 35.5 Å². The first kappa shape index (κ1) is 12.5. The van der Waals surface area contributed by atoms with Crippen molar-refractivity contribution in [3.8, 4) is 0 Å². The summed E-state index contributed by atoms with van der Waals surface area (Å²) in [5.74, 6) is 6.92. The zero-order chi connectivity index (χ0) is 12.1. The molecule has 1 heterocycles. The molecule has 4 rings (SSSR count). The van der Waals surface area contributed by atoms with Crippen LogP contribution in [0.2, 0.25) is 0 Å². The van der Waals surface area contributed by atoms with Gasteiger partial charge < -0.3 is 0 Å². The third-order valence-corrected chi connectivity index (χ3v) is 10.8. The zero-order valence-corrected chi connectivity index (χ0v) is 13.9. The van der Waals surface area contributed by atoms with E-state index in [-0.39, 0.29) is 0 Å². The van der Waals surface area contributed by atoms with Gasteiger partial charge >= 0.3 is 123 Å². The third-order valence-electron chi connectivity index (χ3n) is 6.89. The molecule has 0 aromatic heterocycles. The quantitative estimate of drug-likeness (QED) is 0.452. The van der Waals surface area contributed by atoms with Crippen molar-refractivity contribution in [1.29, 1.82) is 0 Å². The van der Waals surface area contributed by atoms with E-state index in [4.69, 9.17) is 0 Å². The second-order valence-corrected chi connectivity index (χ2v) is 11.1. The van der Waals surface area contributed by atoms with E-state index < -0.39 is 0 Å². The fourth-order valence-electron chi connectivity index (χ4n) is 6.25. The zero-order valence-electron chi connectivity index (χ0n) is 11.8. The first-order valence-corrected chi connectivity index (χ1v) is 11.2. The Morgan fingerprint density at radius 3 is 2.61 bits per heavy atom. The molecule has 4 aliphatic rings. The van der Waals surface area contributed by atoms with E-state index in [1.807, 2.05) is 0 Å². The summed E-state index contributed by atoms with van der Waals surface area (Å²) in [6.07, 6.45) is 12.8. The summed E-state index contributed by atoms with van der Waals surface area (Å²) in [5, 5.41) is 0. The van der Waals surface area contributed by atoms with Crippen LogP contribution in [-0.4, -0.2) is 8.35 Å². The molecule has 7 unspecified atom stereocenters. The minimum absolute atomic E-state index is 0.616. The van der Waals surface area contributed by atoms with Crippen molar-refractivity contribution < 1.29 is 21.2 Å². The normalized spacial score (nSPS) is 55.9. The number of halogens is 1. The van der Waals surface area contributed by atoms with Crippen molar-refractivity contribution in [2.75, 3.05) is 4.43 Å². The fraction of sp³-hybridized carbons (Fsp3) is 1.00. The number of rotatable bonds is 0. The van der Waals surface area contributed by atoms with Gasteiger partial charge in [0, 0.05) is 0 Å². The summed E-state index contributed by atoms with van der Waals surface area (Å²) in [6, 6.07) is 0. The van der Waals surface area contributed by atoms with Crippen LogP contribution in [0.25, 0.3) is 0 Å². The molecule has 1 aliphatic heterocycles. The minimum atomic E-state index is 0.616. The summed E-state index contributed by atoms with van der Waals surface area (Å²) >= 11 is 0.616. The maximum absolute atomic E-state index is 2.59. The van der Waals surface area contributed by atoms with Crippen LogP contribution in [-0.2, 0) is 0 Å². The molecule has 3 saturated carbocycles. The molecule has 0 radical (unpaired) electrons. The second-order valence-electron chi connectivity index (χ2n) is 7.54. The summed E-state index contributed by atoms with van der Waals surface area (Å²) in [4.78, 5) is 0. The Balaban J connectivity index is 1.58. The molecule has 0 aromatic carbocycles. The van der Waals surface area contributed by atoms with Crippen molar-refractivity contribution in [2.45, 2.75) is 62.2 Å². The van der Waals surface area contributed by atoms with Gasteiger partial charge in [0.15, 0.2) is 0 Å². The van der Waals surface area contributed by atoms with Crippen LogP contribution in [0, 0.1) is 35.5 Å². The molecule has 1 heteroatoms. The van der Waals surface area contributed by atoms with Gasteiger partial charge in [-0.15, -0.1) is 0 Å². The Bertz CT molecular complexity index is 313. The van der Waals surface area contributed by atoms with Gasteiger partial charge in [0.2, 0.25) is 0 Å². The van der Waals surface area contributed by atoms with Crippen LogP contribution < -0.4 is 21.2 Å². The molecule has 0 aromatic rings. The first-order chi connectivity index (χ1) is 8.84. The predicted octanol–water partition coefficient (Wildman–Crippen LogP) is 1.34. The van der Waals surface area contributed by atoms with Gasteiger partial charge in [-0.2, -0.15) is 0 Å². The molecule has 0 nitrogen and oxygen atoms in total. The SMILES string of the molecule is CC1CCCC2CCC3C4CC[I-]C4CCC3C12. The number of fused-ring (bicyclic) bond motifs is 5. The first-order valence-electron chi connectivity index (χ1n) is 8.42. The van der Waals surface area contributed by atoms with E-state index >= 15 is 0 Å².